The van der Waals surface area contributed by atoms with Gasteiger partial charge >= 0.3 is 0 Å². The van der Waals surface area contributed by atoms with E-state index in [1.54, 1.807) is 0 Å². The zero-order chi connectivity index (χ0) is 12.3. The van der Waals surface area contributed by atoms with Gasteiger partial charge in [-0.15, -0.1) is 0 Å². The second kappa shape index (κ2) is 16.1. The summed E-state index contributed by atoms with van der Waals surface area (Å²) in [5, 5.41) is 14.0. The van der Waals surface area contributed by atoms with Crippen LogP contribution in [0.4, 0.5) is 0 Å². The maximum atomic E-state index is 10.6. The van der Waals surface area contributed by atoms with Crippen LogP contribution < -0.4 is 0 Å². The van der Waals surface area contributed by atoms with Crippen LogP contribution in [0.25, 0.3) is 0 Å². The van der Waals surface area contributed by atoms with E-state index in [9.17, 15) is 14.4 Å². The molecule has 0 atom stereocenters. The summed E-state index contributed by atoms with van der Waals surface area (Å²) in [5.41, 5.74) is 0. The molecule has 0 rings (SSSR count). The third-order valence-corrected chi connectivity index (χ3v) is 1.22. The van der Waals surface area contributed by atoms with Gasteiger partial charge in [-0.3, -0.25) is 14.4 Å². The van der Waals surface area contributed by atoms with Crippen molar-refractivity contribution in [1.82, 2.24) is 0 Å². The van der Waals surface area contributed by atoms with E-state index in [0.717, 1.165) is 14.2 Å². The molecule has 88 valence electrons. The number of carbonyl (C=O) groups excluding carboxylic acids is 3. The first kappa shape index (κ1) is 24.1. The summed E-state index contributed by atoms with van der Waals surface area (Å²) >= 11 is 0. The third-order valence-electron chi connectivity index (χ3n) is 1.22. The summed E-state index contributed by atoms with van der Waals surface area (Å²) in [6.07, 6.45) is 0. The second-order valence-electron chi connectivity index (χ2n) is 2.26. The Labute approximate surface area is 105 Å². The largest absolute Gasteiger partial charge is 0.400 e. The Morgan fingerprint density at radius 3 is 0.867 bits per heavy atom. The Balaban J connectivity index is -0.000000107. The maximum absolute atomic E-state index is 10.6. The fraction of sp³-hybridized carbons (Fsp3) is 0.667. The summed E-state index contributed by atoms with van der Waals surface area (Å²) in [6.45, 7) is 3.73. The maximum Gasteiger partial charge on any atom is 0.147 e. The van der Waals surface area contributed by atoms with Gasteiger partial charge in [-0.2, -0.15) is 0 Å². The van der Waals surface area contributed by atoms with E-state index in [1.807, 2.05) is 0 Å². The van der Waals surface area contributed by atoms with Crippen molar-refractivity contribution >= 4 is 17.3 Å². The zero-order valence-corrected chi connectivity index (χ0v) is 11.3. The standard InChI is InChI=1S/C7H10O3.2CH4O.Ti/c1-4(8)7(5(2)9)6(3)10;2*1-2;/h7H,1-3H3;2*2H,1H3;. The molecule has 0 spiro atoms. The van der Waals surface area contributed by atoms with Crippen molar-refractivity contribution < 1.29 is 46.3 Å². The topological polar surface area (TPSA) is 91.7 Å². The molecule has 0 unspecified atom stereocenters. The summed E-state index contributed by atoms with van der Waals surface area (Å²) < 4.78 is 0. The van der Waals surface area contributed by atoms with Gasteiger partial charge in [0.05, 0.1) is 0 Å². The molecule has 0 aliphatic rings. The predicted molar refractivity (Wildman–Crippen MR) is 51.8 cm³/mol. The van der Waals surface area contributed by atoms with E-state index in [4.69, 9.17) is 10.2 Å². The van der Waals surface area contributed by atoms with Gasteiger partial charge in [-0.25, -0.2) is 0 Å². The number of rotatable bonds is 3. The number of hydrogen-bond donors (Lipinski definition) is 2. The van der Waals surface area contributed by atoms with Gasteiger partial charge in [0.15, 0.2) is 0 Å². The Bertz CT molecular complexity index is 158. The number of aliphatic hydroxyl groups is 2. The number of ketones is 3. The molecule has 5 nitrogen and oxygen atoms in total. The normalized spacial score (nSPS) is 7.20. The summed E-state index contributed by atoms with van der Waals surface area (Å²) in [4.78, 5) is 31.8. The van der Waals surface area contributed by atoms with Crippen molar-refractivity contribution in [1.29, 1.82) is 0 Å². The van der Waals surface area contributed by atoms with Crippen LogP contribution in [0.5, 0.6) is 0 Å². The number of Topliss-reactive ketones (excluding diaryl/α,β-unsaturated/α-hetero) is 3. The van der Waals surface area contributed by atoms with Gasteiger partial charge in [0.1, 0.15) is 23.3 Å². The van der Waals surface area contributed by atoms with Gasteiger partial charge in [0.25, 0.3) is 0 Å². The SMILES string of the molecule is CC(=O)C(C(C)=O)C(C)=O.CO.CO.[Ti]. The van der Waals surface area contributed by atoms with Crippen LogP contribution in [-0.2, 0) is 36.1 Å². The molecule has 6 heteroatoms. The first-order valence-corrected chi connectivity index (χ1v) is 3.87. The van der Waals surface area contributed by atoms with Crippen molar-refractivity contribution in [3.63, 3.8) is 0 Å². The average molecular weight is 254 g/mol. The second-order valence-corrected chi connectivity index (χ2v) is 2.26. The van der Waals surface area contributed by atoms with Gasteiger partial charge < -0.3 is 10.2 Å². The minimum absolute atomic E-state index is 0. The van der Waals surface area contributed by atoms with Crippen molar-refractivity contribution in [3.8, 4) is 0 Å². The zero-order valence-electron chi connectivity index (χ0n) is 9.70. The molecular weight excluding hydrogens is 236 g/mol. The Morgan fingerprint density at radius 1 is 0.733 bits per heavy atom. The molecule has 0 aromatic heterocycles. The molecule has 0 aromatic carbocycles. The number of aliphatic hydroxyl groups excluding tert-OH is 2. The van der Waals surface area contributed by atoms with E-state index in [2.05, 4.69) is 0 Å². The average Bonchev–Trinajstić information content (AvgIpc) is 2.09. The van der Waals surface area contributed by atoms with Gasteiger partial charge in [-0.05, 0) is 20.8 Å². The molecule has 0 aromatic rings. The van der Waals surface area contributed by atoms with Gasteiger partial charge in [0.2, 0.25) is 0 Å². The van der Waals surface area contributed by atoms with Crippen molar-refractivity contribution in [2.24, 2.45) is 5.92 Å². The monoisotopic (exact) mass is 254 g/mol. The van der Waals surface area contributed by atoms with Crippen LogP contribution in [0.2, 0.25) is 0 Å². The summed E-state index contributed by atoms with van der Waals surface area (Å²) in [5.74, 6) is -2.15. The van der Waals surface area contributed by atoms with Crippen LogP contribution in [0.3, 0.4) is 0 Å². The van der Waals surface area contributed by atoms with Crippen LogP contribution in [0.1, 0.15) is 20.8 Å². The quantitative estimate of drug-likeness (QED) is 0.527. The first-order chi connectivity index (χ1) is 6.46. The minimum Gasteiger partial charge on any atom is -0.400 e. The van der Waals surface area contributed by atoms with E-state index < -0.39 is 5.92 Å². The van der Waals surface area contributed by atoms with E-state index >= 15 is 0 Å². The molecule has 15 heavy (non-hydrogen) atoms. The van der Waals surface area contributed by atoms with E-state index in [1.165, 1.54) is 20.8 Å². The third kappa shape index (κ3) is 13.6. The molecule has 0 amide bonds. The first-order valence-electron chi connectivity index (χ1n) is 3.87. The Morgan fingerprint density at radius 2 is 0.867 bits per heavy atom. The smallest absolute Gasteiger partial charge is 0.147 e. The van der Waals surface area contributed by atoms with Crippen LogP contribution >= 0.6 is 0 Å². The fourth-order valence-electron chi connectivity index (χ4n) is 0.859. The van der Waals surface area contributed by atoms with E-state index in [-0.39, 0.29) is 39.1 Å². The van der Waals surface area contributed by atoms with Crippen molar-refractivity contribution in [3.05, 3.63) is 0 Å². The molecule has 0 radical (unpaired) electrons. The molecular formula is C9H18O5Ti. The van der Waals surface area contributed by atoms with E-state index in [0.29, 0.717) is 0 Å². The number of carbonyl (C=O) groups is 3. The summed E-state index contributed by atoms with van der Waals surface area (Å²) in [6, 6.07) is 0. The molecule has 0 heterocycles. The van der Waals surface area contributed by atoms with Crippen molar-refractivity contribution in [2.75, 3.05) is 14.2 Å². The Hall–Kier alpha value is -0.356. The van der Waals surface area contributed by atoms with Gasteiger partial charge in [-0.1, -0.05) is 0 Å². The molecule has 0 saturated heterocycles. The fourth-order valence-corrected chi connectivity index (χ4v) is 0.859. The van der Waals surface area contributed by atoms with Crippen LogP contribution in [-0.4, -0.2) is 41.8 Å². The van der Waals surface area contributed by atoms with Crippen molar-refractivity contribution in [2.45, 2.75) is 20.8 Å². The molecule has 0 aliphatic carbocycles. The minimum atomic E-state index is -1.03. The van der Waals surface area contributed by atoms with Crippen LogP contribution in [0.15, 0.2) is 0 Å². The molecule has 0 bridgehead atoms. The summed E-state index contributed by atoms with van der Waals surface area (Å²) in [7, 11) is 2.00. The predicted octanol–water partition coefficient (Wildman–Crippen LogP) is -0.416. The molecule has 2 N–H and O–H groups in total. The molecule has 0 fully saturated rings. The van der Waals surface area contributed by atoms with Gasteiger partial charge in [0, 0.05) is 35.9 Å². The molecule has 0 aliphatic heterocycles. The van der Waals surface area contributed by atoms with Crippen LogP contribution in [0, 0.1) is 5.92 Å². The number of hydrogen-bond acceptors (Lipinski definition) is 5. The molecule has 0 saturated carbocycles. The Kier molecular flexibility index (Phi) is 25.8.